The van der Waals surface area contributed by atoms with Gasteiger partial charge in [-0.2, -0.15) is 0 Å². The van der Waals surface area contributed by atoms with Gasteiger partial charge in [0.05, 0.1) is 0 Å². The minimum atomic E-state index is -1.24. The van der Waals surface area contributed by atoms with E-state index < -0.39 is 6.16 Å². The van der Waals surface area contributed by atoms with Crippen LogP contribution >= 0.6 is 0 Å². The Labute approximate surface area is 90.4 Å². The third kappa shape index (κ3) is 13.2. The maximum Gasteiger partial charge on any atom is 0.507 e. The monoisotopic (exact) mass is 219 g/mol. The Balaban J connectivity index is 2.89. The third-order valence-corrected chi connectivity index (χ3v) is 1.73. The predicted molar refractivity (Wildman–Crippen MR) is 58.0 cm³/mol. The summed E-state index contributed by atoms with van der Waals surface area (Å²) in [6, 6.07) is 0. The molecule has 0 radical (unpaired) electrons. The van der Waals surface area contributed by atoms with Crippen molar-refractivity contribution in [2.24, 2.45) is 0 Å². The van der Waals surface area contributed by atoms with E-state index in [0.717, 1.165) is 39.1 Å². The molecule has 0 unspecified atom stereocenters. The van der Waals surface area contributed by atoms with Crippen LogP contribution in [-0.2, 0) is 4.74 Å². The summed E-state index contributed by atoms with van der Waals surface area (Å²) in [5.74, 6) is 0. The molecule has 0 amide bonds. The van der Waals surface area contributed by atoms with Crippen LogP contribution in [0.2, 0.25) is 0 Å². The fourth-order valence-electron chi connectivity index (χ4n) is 1.00. The van der Waals surface area contributed by atoms with Crippen molar-refractivity contribution in [2.45, 2.75) is 13.3 Å². The van der Waals surface area contributed by atoms with Crippen LogP contribution in [0.3, 0.4) is 0 Å². The smallest absolute Gasteiger partial charge is 0.450 e. The van der Waals surface area contributed by atoms with Crippen LogP contribution in [0.25, 0.3) is 0 Å². The lowest BCUT2D eigenvalue weighted by molar-refractivity contribution is 0.0845. The number of carboxylic acid groups (broad SMARTS) is 1. The number of nitrogens with one attached hydrogen (secondary N) is 3. The van der Waals surface area contributed by atoms with Crippen molar-refractivity contribution in [1.82, 2.24) is 16.0 Å². The normalized spacial score (nSPS) is 10.2. The Kier molecular flexibility index (Phi) is 10.6. The molecular weight excluding hydrogens is 198 g/mol. The molecule has 0 aromatic heterocycles. The predicted octanol–water partition coefficient (Wildman–Crippen LogP) is -0.183. The summed E-state index contributed by atoms with van der Waals surface area (Å²) in [6.07, 6.45) is -0.291. The van der Waals surface area contributed by atoms with Crippen LogP contribution in [0, 0.1) is 0 Å². The molecule has 6 heteroatoms. The molecule has 0 saturated heterocycles. The average molecular weight is 219 g/mol. The zero-order valence-electron chi connectivity index (χ0n) is 9.21. The maximum absolute atomic E-state index is 9.95. The second kappa shape index (κ2) is 11.2. The highest BCUT2D eigenvalue weighted by Gasteiger charge is 1.93. The Morgan fingerprint density at radius 1 is 1.13 bits per heavy atom. The molecule has 0 aliphatic heterocycles. The number of hydrogen-bond donors (Lipinski definition) is 4. The first-order chi connectivity index (χ1) is 7.27. The van der Waals surface area contributed by atoms with Crippen molar-refractivity contribution in [3.8, 4) is 0 Å². The van der Waals surface area contributed by atoms with E-state index in [1.807, 2.05) is 0 Å². The highest BCUT2D eigenvalue weighted by molar-refractivity contribution is 5.56. The van der Waals surface area contributed by atoms with Crippen LogP contribution in [0.5, 0.6) is 0 Å². The highest BCUT2D eigenvalue weighted by Crippen LogP contribution is 1.75. The van der Waals surface area contributed by atoms with Crippen LogP contribution in [0.4, 0.5) is 4.79 Å². The van der Waals surface area contributed by atoms with E-state index in [0.29, 0.717) is 0 Å². The number of likely N-dealkylation sites (N-methyl/N-ethyl adjacent to an activating group) is 1. The molecule has 0 bridgehead atoms. The molecule has 0 aromatic carbocycles. The maximum atomic E-state index is 9.95. The van der Waals surface area contributed by atoms with Crippen molar-refractivity contribution < 1.29 is 14.6 Å². The van der Waals surface area contributed by atoms with Gasteiger partial charge in [0.1, 0.15) is 6.73 Å². The third-order valence-electron chi connectivity index (χ3n) is 1.73. The van der Waals surface area contributed by atoms with E-state index in [1.54, 1.807) is 0 Å². The summed E-state index contributed by atoms with van der Waals surface area (Å²) >= 11 is 0. The van der Waals surface area contributed by atoms with Gasteiger partial charge in [0.2, 0.25) is 0 Å². The minimum absolute atomic E-state index is 0.0622. The largest absolute Gasteiger partial charge is 0.507 e. The van der Waals surface area contributed by atoms with Crippen LogP contribution in [0.15, 0.2) is 0 Å². The molecule has 0 saturated carbocycles. The quantitative estimate of drug-likeness (QED) is 0.232. The van der Waals surface area contributed by atoms with E-state index in [9.17, 15) is 4.79 Å². The lowest BCUT2D eigenvalue weighted by Gasteiger charge is -2.06. The Morgan fingerprint density at radius 2 is 1.80 bits per heavy atom. The fraction of sp³-hybridized carbons (Fsp3) is 0.889. The molecule has 0 aliphatic carbocycles. The van der Waals surface area contributed by atoms with Gasteiger partial charge < -0.3 is 20.5 Å². The van der Waals surface area contributed by atoms with E-state index in [4.69, 9.17) is 5.11 Å². The number of rotatable bonds is 10. The van der Waals surface area contributed by atoms with Crippen molar-refractivity contribution in [2.75, 3.05) is 39.5 Å². The summed E-state index contributed by atoms with van der Waals surface area (Å²) in [7, 11) is 0. The molecular formula is C9H21N3O3. The number of hydrogen-bond acceptors (Lipinski definition) is 5. The first kappa shape index (κ1) is 14.2. The van der Waals surface area contributed by atoms with Crippen molar-refractivity contribution in [1.29, 1.82) is 0 Å². The molecule has 0 heterocycles. The van der Waals surface area contributed by atoms with E-state index in [2.05, 4.69) is 27.6 Å². The van der Waals surface area contributed by atoms with Gasteiger partial charge in [-0.1, -0.05) is 6.92 Å². The molecule has 4 N–H and O–H groups in total. The highest BCUT2D eigenvalue weighted by atomic mass is 16.7. The summed E-state index contributed by atoms with van der Waals surface area (Å²) in [6.45, 7) is 6.74. The summed E-state index contributed by atoms with van der Waals surface area (Å²) < 4.78 is 4.28. The molecule has 6 nitrogen and oxygen atoms in total. The topological polar surface area (TPSA) is 82.6 Å². The second-order valence-corrected chi connectivity index (χ2v) is 3.01. The fourth-order valence-corrected chi connectivity index (χ4v) is 1.00. The molecule has 0 aromatic rings. The average Bonchev–Trinajstić information content (AvgIpc) is 2.20. The Morgan fingerprint density at radius 3 is 2.47 bits per heavy atom. The zero-order valence-corrected chi connectivity index (χ0v) is 9.21. The summed E-state index contributed by atoms with van der Waals surface area (Å²) in [4.78, 5) is 9.95. The van der Waals surface area contributed by atoms with Gasteiger partial charge >= 0.3 is 6.16 Å². The zero-order chi connectivity index (χ0) is 11.4. The summed E-state index contributed by atoms with van der Waals surface area (Å²) in [5.41, 5.74) is 0. The molecule has 90 valence electrons. The lowest BCUT2D eigenvalue weighted by atomic mass is 10.4. The first-order valence-corrected chi connectivity index (χ1v) is 5.25. The molecule has 0 spiro atoms. The van der Waals surface area contributed by atoms with Crippen molar-refractivity contribution >= 4 is 6.16 Å². The molecule has 0 atom stereocenters. The van der Waals surface area contributed by atoms with E-state index in [1.165, 1.54) is 0 Å². The number of carbonyl (C=O) groups is 1. The van der Waals surface area contributed by atoms with Gasteiger partial charge in [0, 0.05) is 13.1 Å². The van der Waals surface area contributed by atoms with Gasteiger partial charge in [-0.25, -0.2) is 4.79 Å². The van der Waals surface area contributed by atoms with Gasteiger partial charge in [0.15, 0.2) is 0 Å². The lowest BCUT2D eigenvalue weighted by Crippen LogP contribution is -2.29. The SMILES string of the molecule is CCNCCNCCCNCOC(=O)O. The van der Waals surface area contributed by atoms with Crippen LogP contribution in [0.1, 0.15) is 13.3 Å². The Hall–Kier alpha value is -0.850. The number of ether oxygens (including phenoxy) is 1. The first-order valence-electron chi connectivity index (χ1n) is 5.25. The van der Waals surface area contributed by atoms with Crippen LogP contribution in [-0.4, -0.2) is 50.7 Å². The molecule has 15 heavy (non-hydrogen) atoms. The van der Waals surface area contributed by atoms with Gasteiger partial charge in [-0.3, -0.25) is 5.32 Å². The Bertz CT molecular complexity index is 156. The molecule has 0 rings (SSSR count). The van der Waals surface area contributed by atoms with Gasteiger partial charge in [0.25, 0.3) is 0 Å². The van der Waals surface area contributed by atoms with E-state index in [-0.39, 0.29) is 6.73 Å². The summed E-state index contributed by atoms with van der Waals surface area (Å²) in [5, 5.41) is 17.5. The standard InChI is InChI=1S/C9H21N3O3/c1-2-10-6-7-11-4-3-5-12-8-15-9(13)14/h10-12H,2-8H2,1H3,(H,13,14). The van der Waals surface area contributed by atoms with Crippen LogP contribution < -0.4 is 16.0 Å². The minimum Gasteiger partial charge on any atom is -0.450 e. The van der Waals surface area contributed by atoms with Gasteiger partial charge in [-0.15, -0.1) is 0 Å². The van der Waals surface area contributed by atoms with E-state index >= 15 is 0 Å². The molecule has 0 aliphatic rings. The van der Waals surface area contributed by atoms with Gasteiger partial charge in [-0.05, 0) is 26.1 Å². The van der Waals surface area contributed by atoms with Crippen molar-refractivity contribution in [3.05, 3.63) is 0 Å². The molecule has 0 fully saturated rings. The second-order valence-electron chi connectivity index (χ2n) is 3.01. The van der Waals surface area contributed by atoms with Crippen molar-refractivity contribution in [3.63, 3.8) is 0 Å².